The summed E-state index contributed by atoms with van der Waals surface area (Å²) in [7, 11) is 1.70. The van der Waals surface area contributed by atoms with E-state index < -0.39 is 17.5 Å². The van der Waals surface area contributed by atoms with E-state index in [1.807, 2.05) is 13.8 Å². The lowest BCUT2D eigenvalue weighted by atomic mass is 10.1. The van der Waals surface area contributed by atoms with Crippen molar-refractivity contribution in [2.24, 2.45) is 0 Å². The molecule has 0 aliphatic heterocycles. The molecule has 3 nitrogen and oxygen atoms in total. The molecule has 0 fully saturated rings. The average Bonchev–Trinajstić information content (AvgIpc) is 2.44. The Morgan fingerprint density at radius 3 is 2.14 bits per heavy atom. The fourth-order valence-corrected chi connectivity index (χ4v) is 2.96. The summed E-state index contributed by atoms with van der Waals surface area (Å²) in [5.41, 5.74) is 0.858. The molecule has 0 aliphatic rings. The highest BCUT2D eigenvalue weighted by molar-refractivity contribution is 14.1. The quantitative estimate of drug-likeness (QED) is 0.608. The number of rotatable bonds is 3. The SMILES string of the molecule is CNc1nc(-c2cc(F)c(F)c(F)c2)nc(C(C)C)c1I. The Morgan fingerprint density at radius 2 is 1.67 bits per heavy atom. The average molecular weight is 407 g/mol. The van der Waals surface area contributed by atoms with Gasteiger partial charge in [0.15, 0.2) is 23.3 Å². The topological polar surface area (TPSA) is 37.8 Å². The van der Waals surface area contributed by atoms with E-state index in [-0.39, 0.29) is 17.3 Å². The summed E-state index contributed by atoms with van der Waals surface area (Å²) < 4.78 is 40.6. The van der Waals surface area contributed by atoms with Gasteiger partial charge in [0.05, 0.1) is 9.26 Å². The van der Waals surface area contributed by atoms with Gasteiger partial charge in [-0.2, -0.15) is 0 Å². The molecule has 0 spiro atoms. The minimum absolute atomic E-state index is 0.0983. The summed E-state index contributed by atoms with van der Waals surface area (Å²) in [6.07, 6.45) is 0. The first-order chi connectivity index (χ1) is 9.85. The van der Waals surface area contributed by atoms with Gasteiger partial charge in [0.1, 0.15) is 5.82 Å². The van der Waals surface area contributed by atoms with Crippen LogP contribution in [0.4, 0.5) is 19.0 Å². The minimum atomic E-state index is -1.50. The zero-order chi connectivity index (χ0) is 15.7. The molecule has 0 unspecified atom stereocenters. The lowest BCUT2D eigenvalue weighted by Gasteiger charge is -2.13. The van der Waals surface area contributed by atoms with E-state index in [4.69, 9.17) is 0 Å². The molecule has 7 heteroatoms. The molecular formula is C14H13F3IN3. The Hall–Kier alpha value is -1.38. The van der Waals surface area contributed by atoms with Crippen molar-refractivity contribution in [3.63, 3.8) is 0 Å². The number of aromatic nitrogens is 2. The molecule has 0 bridgehead atoms. The number of halogens is 4. The maximum absolute atomic E-state index is 13.4. The molecule has 112 valence electrons. The van der Waals surface area contributed by atoms with Crippen molar-refractivity contribution in [2.75, 3.05) is 12.4 Å². The lowest BCUT2D eigenvalue weighted by Crippen LogP contribution is -2.07. The monoisotopic (exact) mass is 407 g/mol. The standard InChI is InChI=1S/C14H13F3IN3/c1-6(2)12-11(18)14(19-3)21-13(20-12)7-4-8(15)10(17)9(16)5-7/h4-6H,1-3H3,(H,19,20,21). The molecule has 1 aromatic carbocycles. The Morgan fingerprint density at radius 1 is 1.10 bits per heavy atom. The van der Waals surface area contributed by atoms with Gasteiger partial charge in [0.25, 0.3) is 0 Å². The Labute approximate surface area is 134 Å². The molecule has 0 saturated carbocycles. The highest BCUT2D eigenvalue weighted by atomic mass is 127. The van der Waals surface area contributed by atoms with Crippen LogP contribution in [0.15, 0.2) is 12.1 Å². The van der Waals surface area contributed by atoms with Gasteiger partial charge in [-0.05, 0) is 40.6 Å². The van der Waals surface area contributed by atoms with Crippen LogP contribution < -0.4 is 5.32 Å². The number of anilines is 1. The second-order valence-electron chi connectivity index (χ2n) is 4.75. The van der Waals surface area contributed by atoms with Crippen molar-refractivity contribution >= 4 is 28.4 Å². The number of hydrogen-bond acceptors (Lipinski definition) is 3. The van der Waals surface area contributed by atoms with Crippen molar-refractivity contribution in [1.82, 2.24) is 9.97 Å². The third-order valence-electron chi connectivity index (χ3n) is 2.90. The molecule has 0 radical (unpaired) electrons. The van der Waals surface area contributed by atoms with Crippen LogP contribution in [0, 0.1) is 21.0 Å². The van der Waals surface area contributed by atoms with Crippen LogP contribution in [0.3, 0.4) is 0 Å². The van der Waals surface area contributed by atoms with Gasteiger partial charge in [-0.15, -0.1) is 0 Å². The van der Waals surface area contributed by atoms with Gasteiger partial charge in [-0.1, -0.05) is 13.8 Å². The smallest absolute Gasteiger partial charge is 0.194 e. The van der Waals surface area contributed by atoms with Gasteiger partial charge >= 0.3 is 0 Å². The highest BCUT2D eigenvalue weighted by Gasteiger charge is 2.18. The van der Waals surface area contributed by atoms with Gasteiger partial charge in [0.2, 0.25) is 0 Å². The molecule has 0 aliphatic carbocycles. The van der Waals surface area contributed by atoms with Crippen LogP contribution in [0.2, 0.25) is 0 Å². The Balaban J connectivity index is 2.67. The van der Waals surface area contributed by atoms with E-state index in [1.165, 1.54) is 0 Å². The van der Waals surface area contributed by atoms with Gasteiger partial charge in [-0.25, -0.2) is 23.1 Å². The Kier molecular flexibility index (Phi) is 4.70. The molecular weight excluding hydrogens is 394 g/mol. The van der Waals surface area contributed by atoms with Crippen LogP contribution >= 0.6 is 22.6 Å². The third kappa shape index (κ3) is 3.12. The van der Waals surface area contributed by atoms with Crippen LogP contribution in [0.25, 0.3) is 11.4 Å². The molecule has 1 aromatic heterocycles. The molecule has 0 saturated heterocycles. The molecule has 21 heavy (non-hydrogen) atoms. The van der Waals surface area contributed by atoms with Crippen LogP contribution in [0.5, 0.6) is 0 Å². The third-order valence-corrected chi connectivity index (χ3v) is 3.97. The molecule has 2 aromatic rings. The van der Waals surface area contributed by atoms with Gasteiger partial charge in [0, 0.05) is 12.6 Å². The number of nitrogens with zero attached hydrogens (tertiary/aromatic N) is 2. The first-order valence-corrected chi connectivity index (χ1v) is 7.33. The summed E-state index contributed by atoms with van der Waals surface area (Å²) in [5.74, 6) is -3.19. The molecule has 0 amide bonds. The second-order valence-corrected chi connectivity index (χ2v) is 5.83. The maximum atomic E-state index is 13.4. The highest BCUT2D eigenvalue weighted by Crippen LogP contribution is 2.29. The van der Waals surface area contributed by atoms with Crippen molar-refractivity contribution in [2.45, 2.75) is 19.8 Å². The second kappa shape index (κ2) is 6.17. The van der Waals surface area contributed by atoms with E-state index >= 15 is 0 Å². The van der Waals surface area contributed by atoms with Crippen LogP contribution in [-0.2, 0) is 0 Å². The fourth-order valence-electron chi connectivity index (χ4n) is 1.83. The van der Waals surface area contributed by atoms with E-state index in [1.54, 1.807) is 7.05 Å². The van der Waals surface area contributed by atoms with Crippen LogP contribution in [0.1, 0.15) is 25.5 Å². The number of nitrogens with one attached hydrogen (secondary N) is 1. The van der Waals surface area contributed by atoms with Gasteiger partial charge in [-0.3, -0.25) is 0 Å². The summed E-state index contributed by atoms with van der Waals surface area (Å²) in [6, 6.07) is 1.79. The van der Waals surface area contributed by atoms with Crippen molar-refractivity contribution in [1.29, 1.82) is 0 Å². The van der Waals surface area contributed by atoms with Gasteiger partial charge < -0.3 is 5.32 Å². The summed E-state index contributed by atoms with van der Waals surface area (Å²) in [4.78, 5) is 8.58. The summed E-state index contributed by atoms with van der Waals surface area (Å²) in [6.45, 7) is 3.92. The predicted octanol–water partition coefficient (Wildman–Crippen LogP) is 4.33. The van der Waals surface area contributed by atoms with E-state index in [9.17, 15) is 13.2 Å². The van der Waals surface area contributed by atoms with E-state index in [0.717, 1.165) is 21.4 Å². The minimum Gasteiger partial charge on any atom is -0.372 e. The molecule has 1 heterocycles. The van der Waals surface area contributed by atoms with Crippen molar-refractivity contribution < 1.29 is 13.2 Å². The normalized spacial score (nSPS) is 11.0. The first-order valence-electron chi connectivity index (χ1n) is 6.25. The summed E-state index contributed by atoms with van der Waals surface area (Å²) >= 11 is 2.12. The summed E-state index contributed by atoms with van der Waals surface area (Å²) in [5, 5.41) is 2.92. The van der Waals surface area contributed by atoms with E-state index in [2.05, 4.69) is 37.9 Å². The van der Waals surface area contributed by atoms with Crippen LogP contribution in [-0.4, -0.2) is 17.0 Å². The van der Waals surface area contributed by atoms with E-state index in [0.29, 0.717) is 5.82 Å². The number of benzene rings is 1. The molecule has 0 atom stereocenters. The zero-order valence-electron chi connectivity index (χ0n) is 11.6. The zero-order valence-corrected chi connectivity index (χ0v) is 13.8. The van der Waals surface area contributed by atoms with Crippen molar-refractivity contribution in [3.8, 4) is 11.4 Å². The number of hydrogen-bond donors (Lipinski definition) is 1. The fraction of sp³-hybridized carbons (Fsp3) is 0.286. The largest absolute Gasteiger partial charge is 0.372 e. The van der Waals surface area contributed by atoms with Crippen molar-refractivity contribution in [3.05, 3.63) is 38.8 Å². The lowest BCUT2D eigenvalue weighted by molar-refractivity contribution is 0.447. The predicted molar refractivity (Wildman–Crippen MR) is 83.7 cm³/mol. The molecule has 1 N–H and O–H groups in total. The first kappa shape index (κ1) is 16.0. The molecule has 2 rings (SSSR count). The Bertz CT molecular complexity index is 666. The maximum Gasteiger partial charge on any atom is 0.194 e.